The quantitative estimate of drug-likeness (QED) is 0.611. The minimum Gasteiger partial charge on any atom is -0.370 e. The summed E-state index contributed by atoms with van der Waals surface area (Å²) in [6, 6.07) is 0. The Morgan fingerprint density at radius 2 is 2.12 bits per heavy atom. The van der Waals surface area contributed by atoms with Crippen LogP contribution in [0.4, 0.5) is 0 Å². The van der Waals surface area contributed by atoms with Crippen molar-refractivity contribution in [3.05, 3.63) is 12.2 Å². The van der Waals surface area contributed by atoms with Crippen LogP contribution < -0.4 is 0 Å². The van der Waals surface area contributed by atoms with E-state index in [0.717, 1.165) is 17.8 Å². The lowest BCUT2D eigenvalue weighted by Gasteiger charge is -2.31. The molecule has 3 rings (SSSR count). The molecule has 0 amide bonds. The van der Waals surface area contributed by atoms with Crippen LogP contribution in [0.25, 0.3) is 0 Å². The second-order valence-electron chi connectivity index (χ2n) is 6.72. The molecule has 2 aliphatic heterocycles. The molecule has 2 heterocycles. The van der Waals surface area contributed by atoms with Crippen molar-refractivity contribution in [1.82, 2.24) is 0 Å². The maximum absolute atomic E-state index is 6.26. The van der Waals surface area contributed by atoms with Crippen LogP contribution in [-0.2, 0) is 4.74 Å². The van der Waals surface area contributed by atoms with E-state index in [9.17, 15) is 0 Å². The van der Waals surface area contributed by atoms with E-state index in [0.29, 0.717) is 17.6 Å². The van der Waals surface area contributed by atoms with Crippen LogP contribution in [0.3, 0.4) is 0 Å². The summed E-state index contributed by atoms with van der Waals surface area (Å²) in [6.45, 7) is 11.5. The summed E-state index contributed by atoms with van der Waals surface area (Å²) in [5, 5.41) is 0. The summed E-state index contributed by atoms with van der Waals surface area (Å²) in [7, 11) is 0. The van der Waals surface area contributed by atoms with Gasteiger partial charge in [-0.1, -0.05) is 27.4 Å². The molecule has 3 aliphatic rings. The van der Waals surface area contributed by atoms with E-state index in [-0.39, 0.29) is 0 Å². The Balaban J connectivity index is 1.98. The largest absolute Gasteiger partial charge is 0.370 e. The predicted molar refractivity (Wildman–Crippen MR) is 66.2 cm³/mol. The van der Waals surface area contributed by atoms with Crippen molar-refractivity contribution < 1.29 is 4.74 Å². The fourth-order valence-corrected chi connectivity index (χ4v) is 4.63. The average Bonchev–Trinajstić information content (AvgIpc) is 2.67. The number of hydrogen-bond donors (Lipinski definition) is 0. The molecule has 0 aromatic heterocycles. The molecule has 0 N–H and O–H groups in total. The van der Waals surface area contributed by atoms with Crippen molar-refractivity contribution in [2.45, 2.75) is 58.7 Å². The van der Waals surface area contributed by atoms with Gasteiger partial charge in [0.25, 0.3) is 0 Å². The van der Waals surface area contributed by atoms with Gasteiger partial charge < -0.3 is 4.74 Å². The van der Waals surface area contributed by atoms with Gasteiger partial charge in [0, 0.05) is 0 Å². The molecule has 0 aromatic carbocycles. The molecule has 0 spiro atoms. The average molecular weight is 220 g/mol. The highest BCUT2D eigenvalue weighted by Crippen LogP contribution is 2.62. The van der Waals surface area contributed by atoms with E-state index in [1.54, 1.807) is 0 Å². The van der Waals surface area contributed by atoms with Crippen LogP contribution in [0, 0.1) is 23.2 Å². The third-order valence-electron chi connectivity index (χ3n) is 5.60. The molecule has 90 valence electrons. The fraction of sp³-hybridized carbons (Fsp3) is 0.867. The Kier molecular flexibility index (Phi) is 2.27. The van der Waals surface area contributed by atoms with Crippen molar-refractivity contribution in [2.75, 3.05) is 0 Å². The highest BCUT2D eigenvalue weighted by molar-refractivity contribution is 5.20. The standard InChI is InChI=1S/C15H24O/c1-9(2)11-7-8-15(4)12-6-5-10(3)14(16-12)13(11)15/h9,11-14H,3,5-8H2,1-2,4H3/t11-,12?,13+,14?,15-/m0/s1. The molecule has 5 atom stereocenters. The van der Waals surface area contributed by atoms with Gasteiger partial charge in [0.15, 0.2) is 0 Å². The van der Waals surface area contributed by atoms with E-state index in [2.05, 4.69) is 27.4 Å². The second kappa shape index (κ2) is 3.35. The highest BCUT2D eigenvalue weighted by Gasteiger charge is 2.61. The topological polar surface area (TPSA) is 9.23 Å². The molecular weight excluding hydrogens is 196 g/mol. The Morgan fingerprint density at radius 1 is 1.38 bits per heavy atom. The van der Waals surface area contributed by atoms with Gasteiger partial charge in [-0.3, -0.25) is 0 Å². The zero-order valence-electron chi connectivity index (χ0n) is 10.8. The van der Waals surface area contributed by atoms with Crippen molar-refractivity contribution in [1.29, 1.82) is 0 Å². The summed E-state index contributed by atoms with van der Waals surface area (Å²) in [6.07, 6.45) is 6.10. The van der Waals surface area contributed by atoms with Crippen molar-refractivity contribution >= 4 is 0 Å². The summed E-state index contributed by atoms with van der Waals surface area (Å²) in [5.74, 6) is 2.41. The molecule has 1 aliphatic carbocycles. The van der Waals surface area contributed by atoms with Gasteiger partial charge in [-0.15, -0.1) is 0 Å². The summed E-state index contributed by atoms with van der Waals surface area (Å²) in [5.41, 5.74) is 1.83. The Bertz CT molecular complexity index is 319. The first kappa shape index (κ1) is 10.8. The number of rotatable bonds is 1. The maximum Gasteiger partial charge on any atom is 0.0823 e. The van der Waals surface area contributed by atoms with Crippen LogP contribution in [0.2, 0.25) is 0 Å². The maximum atomic E-state index is 6.26. The molecule has 2 saturated heterocycles. The Labute approximate surface area is 99.3 Å². The molecule has 0 aromatic rings. The normalized spacial score (nSPS) is 51.1. The molecule has 16 heavy (non-hydrogen) atoms. The SMILES string of the molecule is C=C1CCC2OC1[C@H]1[C@H](C(C)C)CC[C@@]21C. The van der Waals surface area contributed by atoms with Crippen molar-refractivity contribution in [3.63, 3.8) is 0 Å². The van der Waals surface area contributed by atoms with Crippen molar-refractivity contribution in [2.24, 2.45) is 23.2 Å². The van der Waals surface area contributed by atoms with Gasteiger partial charge in [0.05, 0.1) is 12.2 Å². The molecule has 0 radical (unpaired) electrons. The van der Waals surface area contributed by atoms with Gasteiger partial charge in [0.2, 0.25) is 0 Å². The van der Waals surface area contributed by atoms with Crippen LogP contribution in [0.5, 0.6) is 0 Å². The third-order valence-corrected chi connectivity index (χ3v) is 5.60. The molecular formula is C15H24O. The summed E-state index contributed by atoms with van der Waals surface area (Å²) >= 11 is 0. The van der Waals surface area contributed by atoms with Crippen LogP contribution >= 0.6 is 0 Å². The molecule has 1 nitrogen and oxygen atoms in total. The predicted octanol–water partition coefficient (Wildman–Crippen LogP) is 3.79. The highest BCUT2D eigenvalue weighted by atomic mass is 16.5. The lowest BCUT2D eigenvalue weighted by Crippen LogP contribution is -2.31. The number of fused-ring (bicyclic) bond motifs is 5. The zero-order valence-corrected chi connectivity index (χ0v) is 10.8. The first-order chi connectivity index (χ1) is 7.54. The van der Waals surface area contributed by atoms with E-state index < -0.39 is 0 Å². The summed E-state index contributed by atoms with van der Waals surface area (Å²) < 4.78 is 6.26. The smallest absolute Gasteiger partial charge is 0.0823 e. The van der Waals surface area contributed by atoms with Gasteiger partial charge in [0.1, 0.15) is 0 Å². The monoisotopic (exact) mass is 220 g/mol. The molecule has 2 unspecified atom stereocenters. The zero-order chi connectivity index (χ0) is 11.5. The minimum absolute atomic E-state index is 0.388. The lowest BCUT2D eigenvalue weighted by molar-refractivity contribution is -0.00298. The van der Waals surface area contributed by atoms with Crippen LogP contribution in [0.15, 0.2) is 12.2 Å². The van der Waals surface area contributed by atoms with E-state index in [1.165, 1.54) is 31.3 Å². The van der Waals surface area contributed by atoms with E-state index >= 15 is 0 Å². The van der Waals surface area contributed by atoms with Gasteiger partial charge >= 0.3 is 0 Å². The number of ether oxygens (including phenoxy) is 1. The first-order valence-corrected chi connectivity index (χ1v) is 6.87. The first-order valence-electron chi connectivity index (χ1n) is 6.87. The van der Waals surface area contributed by atoms with Gasteiger partial charge in [-0.25, -0.2) is 0 Å². The van der Waals surface area contributed by atoms with E-state index in [4.69, 9.17) is 4.74 Å². The molecule has 3 fully saturated rings. The minimum atomic E-state index is 0.388. The molecule has 2 bridgehead atoms. The third kappa shape index (κ3) is 1.21. The van der Waals surface area contributed by atoms with Crippen LogP contribution in [-0.4, -0.2) is 12.2 Å². The Hall–Kier alpha value is -0.300. The van der Waals surface area contributed by atoms with E-state index in [1.807, 2.05) is 0 Å². The second-order valence-corrected chi connectivity index (χ2v) is 6.72. The van der Waals surface area contributed by atoms with Crippen LogP contribution in [0.1, 0.15) is 46.5 Å². The lowest BCUT2D eigenvalue weighted by atomic mass is 9.71. The summed E-state index contributed by atoms with van der Waals surface area (Å²) in [4.78, 5) is 0. The molecule has 1 saturated carbocycles. The van der Waals surface area contributed by atoms with Gasteiger partial charge in [-0.2, -0.15) is 0 Å². The number of hydrogen-bond acceptors (Lipinski definition) is 1. The van der Waals surface area contributed by atoms with Crippen molar-refractivity contribution in [3.8, 4) is 0 Å². The Morgan fingerprint density at radius 3 is 2.81 bits per heavy atom. The van der Waals surface area contributed by atoms with Gasteiger partial charge in [-0.05, 0) is 54.4 Å². The fourth-order valence-electron chi connectivity index (χ4n) is 4.63. The molecule has 1 heteroatoms.